The summed E-state index contributed by atoms with van der Waals surface area (Å²) in [7, 11) is 0. The fourth-order valence-electron chi connectivity index (χ4n) is 3.04. The van der Waals surface area contributed by atoms with Gasteiger partial charge in [0.2, 0.25) is 0 Å². The van der Waals surface area contributed by atoms with Gasteiger partial charge in [-0.3, -0.25) is 0 Å². The minimum Gasteiger partial charge on any atom is -0.332 e. The second-order valence-electron chi connectivity index (χ2n) is 6.01. The molecule has 0 unspecified atom stereocenters. The molecule has 2 aromatic rings. The maximum absolute atomic E-state index is 5.56. The van der Waals surface area contributed by atoms with Crippen molar-refractivity contribution in [3.05, 3.63) is 58.1 Å². The highest BCUT2D eigenvalue weighted by atomic mass is 32.1. The van der Waals surface area contributed by atoms with Crippen molar-refractivity contribution in [3.8, 4) is 0 Å². The number of nitrogens with one attached hydrogen (secondary N) is 2. The van der Waals surface area contributed by atoms with E-state index in [1.807, 2.05) is 0 Å². The van der Waals surface area contributed by atoms with Gasteiger partial charge in [0, 0.05) is 11.4 Å². The highest BCUT2D eigenvalue weighted by Gasteiger charge is 2.10. The summed E-state index contributed by atoms with van der Waals surface area (Å²) in [4.78, 5) is 0. The maximum atomic E-state index is 5.56. The molecule has 2 nitrogen and oxygen atoms in total. The van der Waals surface area contributed by atoms with Crippen LogP contribution in [0.5, 0.6) is 0 Å². The molecule has 2 rings (SSSR count). The summed E-state index contributed by atoms with van der Waals surface area (Å²) in [6, 6.07) is 10.8. The lowest BCUT2D eigenvalue weighted by Gasteiger charge is -2.19. The van der Waals surface area contributed by atoms with E-state index >= 15 is 0 Å². The summed E-state index contributed by atoms with van der Waals surface area (Å²) in [6.45, 7) is 10.7. The van der Waals surface area contributed by atoms with Gasteiger partial charge in [-0.15, -0.1) is 0 Å². The maximum Gasteiger partial charge on any atom is 0.175 e. The van der Waals surface area contributed by atoms with Gasteiger partial charge < -0.3 is 10.6 Å². The van der Waals surface area contributed by atoms with Gasteiger partial charge in [0.25, 0.3) is 0 Å². The molecule has 0 aliphatic rings. The van der Waals surface area contributed by atoms with Gasteiger partial charge in [0.1, 0.15) is 0 Å². The van der Waals surface area contributed by atoms with E-state index in [2.05, 4.69) is 75.6 Å². The first-order valence-corrected chi connectivity index (χ1v) is 8.63. The lowest BCUT2D eigenvalue weighted by molar-refractivity contribution is 1.09. The van der Waals surface area contributed by atoms with Crippen LogP contribution in [0.4, 0.5) is 11.4 Å². The molecule has 0 aliphatic heterocycles. The first-order chi connectivity index (χ1) is 11.0. The number of anilines is 2. The summed E-state index contributed by atoms with van der Waals surface area (Å²) < 4.78 is 0. The second kappa shape index (κ2) is 7.60. The van der Waals surface area contributed by atoms with Crippen molar-refractivity contribution in [2.24, 2.45) is 0 Å². The lowest BCUT2D eigenvalue weighted by atomic mass is 10.0. The van der Waals surface area contributed by atoms with Crippen molar-refractivity contribution >= 4 is 28.7 Å². The molecular weight excluding hydrogens is 300 g/mol. The molecule has 0 amide bonds. The average molecular weight is 327 g/mol. The Morgan fingerprint density at radius 1 is 0.870 bits per heavy atom. The van der Waals surface area contributed by atoms with Crippen molar-refractivity contribution in [2.45, 2.75) is 47.5 Å². The predicted molar refractivity (Wildman–Crippen MR) is 106 cm³/mol. The molecule has 0 atom stereocenters. The van der Waals surface area contributed by atoms with Crippen LogP contribution in [-0.2, 0) is 12.8 Å². The Labute approximate surface area is 145 Å². The summed E-state index contributed by atoms with van der Waals surface area (Å²) >= 11 is 5.56. The molecule has 0 fully saturated rings. The Hall–Kier alpha value is -1.87. The van der Waals surface area contributed by atoms with Gasteiger partial charge in [-0.1, -0.05) is 49.7 Å². The smallest absolute Gasteiger partial charge is 0.175 e. The highest BCUT2D eigenvalue weighted by Crippen LogP contribution is 2.25. The molecule has 0 spiro atoms. The third-order valence-electron chi connectivity index (χ3n) is 4.15. The van der Waals surface area contributed by atoms with Crippen LogP contribution in [-0.4, -0.2) is 5.11 Å². The van der Waals surface area contributed by atoms with Crippen LogP contribution in [0.15, 0.2) is 30.3 Å². The fourth-order valence-corrected chi connectivity index (χ4v) is 3.24. The first-order valence-electron chi connectivity index (χ1n) is 8.22. The molecule has 0 radical (unpaired) electrons. The molecule has 3 heteroatoms. The molecule has 0 saturated carbocycles. The summed E-state index contributed by atoms with van der Waals surface area (Å²) in [5.41, 5.74) is 8.54. The van der Waals surface area contributed by atoms with Crippen LogP contribution >= 0.6 is 12.2 Å². The van der Waals surface area contributed by atoms with Crippen LogP contribution in [0, 0.1) is 20.8 Å². The van der Waals surface area contributed by atoms with Crippen molar-refractivity contribution in [1.82, 2.24) is 0 Å². The van der Waals surface area contributed by atoms with Crippen LogP contribution in [0.3, 0.4) is 0 Å². The molecule has 2 N–H and O–H groups in total. The predicted octanol–water partition coefficient (Wildman–Crippen LogP) is 5.55. The molecule has 122 valence electrons. The van der Waals surface area contributed by atoms with E-state index in [1.54, 1.807) is 0 Å². The number of hydrogen-bond acceptors (Lipinski definition) is 1. The van der Waals surface area contributed by atoms with Gasteiger partial charge in [-0.25, -0.2) is 0 Å². The Bertz CT molecular complexity index is 674. The van der Waals surface area contributed by atoms with E-state index < -0.39 is 0 Å². The Morgan fingerprint density at radius 2 is 1.35 bits per heavy atom. The highest BCUT2D eigenvalue weighted by molar-refractivity contribution is 7.80. The van der Waals surface area contributed by atoms with Crippen LogP contribution in [0.25, 0.3) is 0 Å². The van der Waals surface area contributed by atoms with E-state index in [1.165, 1.54) is 27.8 Å². The second-order valence-corrected chi connectivity index (χ2v) is 6.42. The number of rotatable bonds is 4. The van der Waals surface area contributed by atoms with Gasteiger partial charge in [-0.2, -0.15) is 0 Å². The van der Waals surface area contributed by atoms with Crippen LogP contribution < -0.4 is 10.6 Å². The Balaban J connectivity index is 2.24. The van der Waals surface area contributed by atoms with Crippen LogP contribution in [0.2, 0.25) is 0 Å². The molecule has 0 aliphatic carbocycles. The van der Waals surface area contributed by atoms with Gasteiger partial charge in [-0.05, 0) is 68.1 Å². The minimum atomic E-state index is 0.649. The first kappa shape index (κ1) is 17.5. The number of thiocarbonyl (C=S) groups is 1. The summed E-state index contributed by atoms with van der Waals surface area (Å²) in [6.07, 6.45) is 1.97. The van der Waals surface area contributed by atoms with E-state index in [9.17, 15) is 0 Å². The number of para-hydroxylation sites is 1. The SMILES string of the molecule is CCc1cccc(CC)c1NC(=S)Nc1c(C)cc(C)cc1C. The number of aryl methyl sites for hydroxylation is 5. The Morgan fingerprint density at radius 3 is 1.83 bits per heavy atom. The molecular formula is C20H26N2S. The van der Waals surface area contributed by atoms with Gasteiger partial charge >= 0.3 is 0 Å². The summed E-state index contributed by atoms with van der Waals surface area (Å²) in [5.74, 6) is 0. The van der Waals surface area contributed by atoms with Crippen LogP contribution in [0.1, 0.15) is 41.7 Å². The Kier molecular flexibility index (Phi) is 5.78. The molecule has 2 aromatic carbocycles. The van der Waals surface area contributed by atoms with Crippen molar-refractivity contribution in [3.63, 3.8) is 0 Å². The standard InChI is InChI=1S/C20H26N2S/c1-6-16-9-8-10-17(7-2)19(16)22-20(23)21-18-14(4)11-13(3)12-15(18)5/h8-12H,6-7H2,1-5H3,(H2,21,22,23). The van der Waals surface area contributed by atoms with Crippen molar-refractivity contribution < 1.29 is 0 Å². The van der Waals surface area contributed by atoms with E-state index in [0.29, 0.717) is 5.11 Å². The zero-order valence-corrected chi connectivity index (χ0v) is 15.5. The van der Waals surface area contributed by atoms with E-state index in [0.717, 1.165) is 24.2 Å². The molecule has 0 aromatic heterocycles. The third-order valence-corrected chi connectivity index (χ3v) is 4.36. The molecule has 0 saturated heterocycles. The fraction of sp³-hybridized carbons (Fsp3) is 0.350. The van der Waals surface area contributed by atoms with E-state index in [-0.39, 0.29) is 0 Å². The topological polar surface area (TPSA) is 24.1 Å². The zero-order chi connectivity index (χ0) is 17.0. The molecule has 0 bridgehead atoms. The van der Waals surface area contributed by atoms with Crippen molar-refractivity contribution in [1.29, 1.82) is 0 Å². The van der Waals surface area contributed by atoms with Gasteiger partial charge in [0.05, 0.1) is 0 Å². The molecule has 0 heterocycles. The van der Waals surface area contributed by atoms with Gasteiger partial charge in [0.15, 0.2) is 5.11 Å². The summed E-state index contributed by atoms with van der Waals surface area (Å²) in [5, 5.41) is 7.44. The van der Waals surface area contributed by atoms with Crippen molar-refractivity contribution in [2.75, 3.05) is 10.6 Å². The monoisotopic (exact) mass is 326 g/mol. The average Bonchev–Trinajstić information content (AvgIpc) is 2.51. The van der Waals surface area contributed by atoms with E-state index in [4.69, 9.17) is 12.2 Å². The number of benzene rings is 2. The molecule has 23 heavy (non-hydrogen) atoms. The zero-order valence-electron chi connectivity index (χ0n) is 14.7. The number of hydrogen-bond donors (Lipinski definition) is 2. The largest absolute Gasteiger partial charge is 0.332 e. The quantitative estimate of drug-likeness (QED) is 0.721. The normalized spacial score (nSPS) is 10.5. The lowest BCUT2D eigenvalue weighted by Crippen LogP contribution is -2.22. The minimum absolute atomic E-state index is 0.649. The third kappa shape index (κ3) is 4.11.